The third kappa shape index (κ3) is 4.63. The fourth-order valence-electron chi connectivity index (χ4n) is 2.77. The first-order valence-electron chi connectivity index (χ1n) is 8.88. The molecule has 0 spiro atoms. The number of carbonyl (C=O) groups excluding carboxylic acids is 2. The molecule has 1 aromatic heterocycles. The molecule has 2 amide bonds. The van der Waals surface area contributed by atoms with E-state index in [4.69, 9.17) is 0 Å². The van der Waals surface area contributed by atoms with Crippen LogP contribution in [0.4, 0.5) is 5.69 Å². The van der Waals surface area contributed by atoms with Gasteiger partial charge < -0.3 is 0 Å². The van der Waals surface area contributed by atoms with Crippen molar-refractivity contribution < 1.29 is 18.0 Å². The fraction of sp³-hybridized carbons (Fsp3) is 0.158. The molecule has 0 unspecified atom stereocenters. The molecule has 1 heterocycles. The van der Waals surface area contributed by atoms with Crippen molar-refractivity contribution in [2.75, 3.05) is 11.0 Å². The molecule has 0 saturated heterocycles. The van der Waals surface area contributed by atoms with Crippen molar-refractivity contribution in [2.45, 2.75) is 13.5 Å². The highest BCUT2D eigenvalue weighted by molar-refractivity contribution is 7.92. The van der Waals surface area contributed by atoms with Gasteiger partial charge in [-0.1, -0.05) is 18.2 Å². The Bertz CT molecular complexity index is 1280. The predicted octanol–water partition coefficient (Wildman–Crippen LogP) is 0.863. The predicted molar refractivity (Wildman–Crippen MR) is 112 cm³/mol. The summed E-state index contributed by atoms with van der Waals surface area (Å²) in [4.78, 5) is 37.2. The van der Waals surface area contributed by atoms with E-state index in [-0.39, 0.29) is 23.4 Å². The number of amides is 2. The van der Waals surface area contributed by atoms with Crippen LogP contribution >= 0.6 is 0 Å². The molecule has 0 aliphatic rings. The Kier molecular flexibility index (Phi) is 5.83. The van der Waals surface area contributed by atoms with Crippen LogP contribution in [0.1, 0.15) is 27.8 Å². The van der Waals surface area contributed by atoms with Gasteiger partial charge in [0.1, 0.15) is 0 Å². The van der Waals surface area contributed by atoms with E-state index in [1.807, 2.05) is 0 Å². The maximum atomic E-state index is 12.6. The van der Waals surface area contributed by atoms with Crippen molar-refractivity contribution in [3.8, 4) is 0 Å². The van der Waals surface area contributed by atoms with Crippen LogP contribution in [0.2, 0.25) is 0 Å². The van der Waals surface area contributed by atoms with Gasteiger partial charge in [-0.15, -0.1) is 0 Å². The van der Waals surface area contributed by atoms with Crippen LogP contribution < -0.4 is 21.1 Å². The number of rotatable bonds is 5. The van der Waals surface area contributed by atoms with Gasteiger partial charge in [0, 0.05) is 23.2 Å². The summed E-state index contributed by atoms with van der Waals surface area (Å²) in [5, 5.41) is 4.81. The van der Waals surface area contributed by atoms with Crippen molar-refractivity contribution >= 4 is 38.3 Å². The number of fused-ring (bicyclic) bond motifs is 1. The maximum absolute atomic E-state index is 12.6. The second kappa shape index (κ2) is 8.33. The van der Waals surface area contributed by atoms with Gasteiger partial charge in [0.25, 0.3) is 17.4 Å². The molecular weight excluding hydrogens is 410 g/mol. The molecule has 30 heavy (non-hydrogen) atoms. The number of nitrogens with one attached hydrogen (secondary N) is 3. The Morgan fingerprint density at radius 2 is 1.57 bits per heavy atom. The molecule has 0 aliphatic carbocycles. The van der Waals surface area contributed by atoms with Crippen molar-refractivity contribution in [1.29, 1.82) is 0 Å². The summed E-state index contributed by atoms with van der Waals surface area (Å²) in [6.45, 7) is 2.01. The van der Waals surface area contributed by atoms with E-state index in [2.05, 4.69) is 20.7 Å². The van der Waals surface area contributed by atoms with Crippen molar-refractivity contribution in [3.05, 3.63) is 70.1 Å². The van der Waals surface area contributed by atoms with E-state index in [1.165, 1.54) is 28.9 Å². The number of anilines is 1. The molecule has 0 atom stereocenters. The van der Waals surface area contributed by atoms with E-state index in [0.717, 1.165) is 6.26 Å². The van der Waals surface area contributed by atoms with Gasteiger partial charge in [-0.2, -0.15) is 5.10 Å². The minimum Gasteiger partial charge on any atom is -0.284 e. The summed E-state index contributed by atoms with van der Waals surface area (Å²) in [7, 11) is -3.43. The van der Waals surface area contributed by atoms with Gasteiger partial charge in [-0.05, 0) is 37.3 Å². The summed E-state index contributed by atoms with van der Waals surface area (Å²) < 4.78 is 25.9. The lowest BCUT2D eigenvalue weighted by Crippen LogP contribution is -2.42. The van der Waals surface area contributed by atoms with Crippen LogP contribution in [0, 0.1) is 0 Å². The largest absolute Gasteiger partial charge is 0.290 e. The minimum absolute atomic E-state index is 0.0000466. The highest BCUT2D eigenvalue weighted by Crippen LogP contribution is 2.13. The van der Waals surface area contributed by atoms with Crippen molar-refractivity contribution in [2.24, 2.45) is 0 Å². The van der Waals surface area contributed by atoms with E-state index in [1.54, 1.807) is 31.2 Å². The van der Waals surface area contributed by atoms with Crippen LogP contribution in [0.15, 0.2) is 53.3 Å². The average molecular weight is 429 g/mol. The van der Waals surface area contributed by atoms with Crippen LogP contribution in [0.3, 0.4) is 0 Å². The zero-order chi connectivity index (χ0) is 21.9. The number of sulfonamides is 1. The maximum Gasteiger partial charge on any atom is 0.290 e. The van der Waals surface area contributed by atoms with Gasteiger partial charge in [0.05, 0.1) is 11.6 Å². The third-order valence-electron chi connectivity index (χ3n) is 4.12. The molecule has 3 rings (SSSR count). The quantitative estimate of drug-likeness (QED) is 0.514. The Morgan fingerprint density at radius 1 is 0.967 bits per heavy atom. The first-order valence-corrected chi connectivity index (χ1v) is 10.8. The Labute approximate surface area is 171 Å². The lowest BCUT2D eigenvalue weighted by molar-refractivity contribution is 0.0843. The lowest BCUT2D eigenvalue weighted by atomic mass is 10.1. The Morgan fingerprint density at radius 3 is 2.17 bits per heavy atom. The molecule has 10 nitrogen and oxygen atoms in total. The number of benzene rings is 2. The first-order chi connectivity index (χ1) is 14.2. The topological polar surface area (TPSA) is 139 Å². The molecular formula is C19H19N5O5S. The molecule has 0 bridgehead atoms. The van der Waals surface area contributed by atoms with Crippen LogP contribution in [0.5, 0.6) is 0 Å². The number of hydrogen-bond donors (Lipinski definition) is 3. The minimum atomic E-state index is -3.43. The fourth-order valence-corrected chi connectivity index (χ4v) is 3.33. The second-order valence-electron chi connectivity index (χ2n) is 6.37. The third-order valence-corrected chi connectivity index (χ3v) is 4.73. The van der Waals surface area contributed by atoms with E-state index < -0.39 is 21.8 Å². The molecule has 3 N–H and O–H groups in total. The summed E-state index contributed by atoms with van der Waals surface area (Å²) in [6.07, 6.45) is 1.02. The normalized spacial score (nSPS) is 11.1. The van der Waals surface area contributed by atoms with Gasteiger partial charge in [-0.25, -0.2) is 13.1 Å². The Hall–Kier alpha value is -3.73. The highest BCUT2D eigenvalue weighted by atomic mass is 32.2. The van der Waals surface area contributed by atoms with Crippen molar-refractivity contribution in [1.82, 2.24) is 20.6 Å². The monoisotopic (exact) mass is 429 g/mol. The van der Waals surface area contributed by atoms with Gasteiger partial charge >= 0.3 is 0 Å². The average Bonchev–Trinajstić information content (AvgIpc) is 2.71. The number of nitrogens with zero attached hydrogens (tertiary/aromatic N) is 2. The molecule has 0 aliphatic heterocycles. The van der Waals surface area contributed by atoms with Gasteiger partial charge in [-0.3, -0.25) is 30.0 Å². The SMILES string of the molecule is CCn1nc(C(=O)NNC(=O)c2ccc(NS(C)(=O)=O)cc2)c2ccccc2c1=O. The molecule has 0 radical (unpaired) electrons. The van der Waals surface area contributed by atoms with Gasteiger partial charge in [0.15, 0.2) is 5.69 Å². The van der Waals surface area contributed by atoms with Gasteiger partial charge in [0.2, 0.25) is 10.0 Å². The number of hydrogen-bond acceptors (Lipinski definition) is 6. The molecule has 156 valence electrons. The first kappa shape index (κ1) is 21.0. The summed E-state index contributed by atoms with van der Waals surface area (Å²) in [5.41, 5.74) is 4.75. The van der Waals surface area contributed by atoms with Crippen molar-refractivity contribution in [3.63, 3.8) is 0 Å². The number of hydrazine groups is 1. The second-order valence-corrected chi connectivity index (χ2v) is 8.12. The van der Waals surface area contributed by atoms with E-state index in [9.17, 15) is 22.8 Å². The van der Waals surface area contributed by atoms with E-state index >= 15 is 0 Å². The van der Waals surface area contributed by atoms with Crippen LogP contribution in [-0.4, -0.2) is 36.3 Å². The molecule has 11 heteroatoms. The number of aromatic nitrogens is 2. The highest BCUT2D eigenvalue weighted by Gasteiger charge is 2.17. The van der Waals surface area contributed by atoms with E-state index in [0.29, 0.717) is 16.5 Å². The summed E-state index contributed by atoms with van der Waals surface area (Å²) >= 11 is 0. The Balaban J connectivity index is 1.77. The molecule has 0 saturated carbocycles. The number of carbonyl (C=O) groups is 2. The molecule has 0 fully saturated rings. The van der Waals surface area contributed by atoms with Crippen LogP contribution in [-0.2, 0) is 16.6 Å². The molecule has 2 aromatic carbocycles. The summed E-state index contributed by atoms with van der Waals surface area (Å²) in [6, 6.07) is 12.2. The van der Waals surface area contributed by atoms with Crippen LogP contribution in [0.25, 0.3) is 10.8 Å². The number of aryl methyl sites for hydroxylation is 1. The zero-order valence-corrected chi connectivity index (χ0v) is 17.0. The summed E-state index contributed by atoms with van der Waals surface area (Å²) in [5.74, 6) is -1.29. The zero-order valence-electron chi connectivity index (χ0n) is 16.2. The smallest absolute Gasteiger partial charge is 0.284 e. The standard InChI is InChI=1S/C19H19N5O5S/c1-3-24-19(27)15-7-5-4-6-14(15)16(22-24)18(26)21-20-17(25)12-8-10-13(11-9-12)23-30(2,28)29/h4-11,23H,3H2,1-2H3,(H,20,25)(H,21,26). The molecule has 3 aromatic rings. The lowest BCUT2D eigenvalue weighted by Gasteiger charge is -2.11.